The van der Waals surface area contributed by atoms with Crippen molar-refractivity contribution in [2.75, 3.05) is 48.4 Å². The molecule has 3 aromatic rings. The van der Waals surface area contributed by atoms with Gasteiger partial charge < -0.3 is 19.9 Å². The van der Waals surface area contributed by atoms with E-state index in [0.717, 1.165) is 43.2 Å². The van der Waals surface area contributed by atoms with Gasteiger partial charge in [-0.15, -0.1) is 0 Å². The van der Waals surface area contributed by atoms with Crippen LogP contribution in [0.1, 0.15) is 5.56 Å². The first-order valence-electron chi connectivity index (χ1n) is 9.60. The first-order chi connectivity index (χ1) is 14.5. The molecule has 9 heteroatoms. The number of nitrogens with zero attached hydrogens (tertiary/aromatic N) is 5. The molecule has 0 atom stereocenters. The van der Waals surface area contributed by atoms with Crippen LogP contribution in [-0.4, -0.2) is 48.2 Å². The van der Waals surface area contributed by atoms with Gasteiger partial charge in [-0.25, -0.2) is 0 Å². The van der Waals surface area contributed by atoms with E-state index in [1.807, 2.05) is 37.3 Å². The fourth-order valence-electron chi connectivity index (χ4n) is 3.29. The molecule has 1 aliphatic heterocycles. The maximum absolute atomic E-state index is 6.21. The van der Waals surface area contributed by atoms with E-state index in [1.165, 1.54) is 5.69 Å². The molecule has 1 saturated heterocycles. The number of benzene rings is 2. The van der Waals surface area contributed by atoms with Gasteiger partial charge in [-0.1, -0.05) is 17.7 Å². The summed E-state index contributed by atoms with van der Waals surface area (Å²) in [5, 5.41) is 3.98. The second kappa shape index (κ2) is 8.93. The number of rotatable bonds is 5. The Bertz CT molecular complexity index is 1020. The first kappa shape index (κ1) is 20.5. The standard InChI is InChI=1S/C21H22Cl2N6O/c1-14-3-4-15(13-18(14)22)24-20-25-19(23)26-21(27-20)29-11-9-28(10-12-29)16-5-7-17(30-2)8-6-16/h3-8,13H,9-12H2,1-2H3,(H,24,25,26,27). The van der Waals surface area contributed by atoms with Crippen LogP contribution in [0.2, 0.25) is 10.3 Å². The van der Waals surface area contributed by atoms with Crippen LogP contribution in [-0.2, 0) is 0 Å². The largest absolute Gasteiger partial charge is 0.497 e. The third-order valence-electron chi connectivity index (χ3n) is 5.02. The quantitative estimate of drug-likeness (QED) is 0.617. The lowest BCUT2D eigenvalue weighted by Gasteiger charge is -2.36. The average Bonchev–Trinajstić information content (AvgIpc) is 2.76. The molecule has 0 amide bonds. The third kappa shape index (κ3) is 4.68. The van der Waals surface area contributed by atoms with Crippen LogP contribution in [0.25, 0.3) is 0 Å². The van der Waals surface area contributed by atoms with E-state index in [0.29, 0.717) is 16.9 Å². The fraction of sp³-hybridized carbons (Fsp3) is 0.286. The van der Waals surface area contributed by atoms with Crippen molar-refractivity contribution >= 4 is 46.5 Å². The molecule has 1 N–H and O–H groups in total. The molecule has 0 unspecified atom stereocenters. The van der Waals surface area contributed by atoms with Crippen molar-refractivity contribution in [2.24, 2.45) is 0 Å². The SMILES string of the molecule is COc1ccc(N2CCN(c3nc(Cl)nc(Nc4ccc(C)c(Cl)c4)n3)CC2)cc1. The number of nitrogens with one attached hydrogen (secondary N) is 1. The number of hydrogen-bond donors (Lipinski definition) is 1. The van der Waals surface area contributed by atoms with Gasteiger partial charge in [0.15, 0.2) is 0 Å². The van der Waals surface area contributed by atoms with Gasteiger partial charge >= 0.3 is 0 Å². The number of methoxy groups -OCH3 is 1. The highest BCUT2D eigenvalue weighted by molar-refractivity contribution is 6.31. The summed E-state index contributed by atoms with van der Waals surface area (Å²) >= 11 is 12.4. The van der Waals surface area contributed by atoms with Gasteiger partial charge in [0, 0.05) is 42.6 Å². The van der Waals surface area contributed by atoms with E-state index in [-0.39, 0.29) is 5.28 Å². The minimum absolute atomic E-state index is 0.151. The smallest absolute Gasteiger partial charge is 0.233 e. The van der Waals surface area contributed by atoms with E-state index in [4.69, 9.17) is 27.9 Å². The van der Waals surface area contributed by atoms with Crippen molar-refractivity contribution in [1.29, 1.82) is 0 Å². The van der Waals surface area contributed by atoms with Crippen LogP contribution >= 0.6 is 23.2 Å². The Morgan fingerprint density at radius 3 is 2.27 bits per heavy atom. The van der Waals surface area contributed by atoms with Gasteiger partial charge in [0.2, 0.25) is 17.2 Å². The van der Waals surface area contributed by atoms with Crippen molar-refractivity contribution in [3.05, 3.63) is 58.3 Å². The van der Waals surface area contributed by atoms with Gasteiger partial charge in [-0.2, -0.15) is 15.0 Å². The molecule has 0 radical (unpaired) electrons. The maximum Gasteiger partial charge on any atom is 0.233 e. The minimum atomic E-state index is 0.151. The summed E-state index contributed by atoms with van der Waals surface area (Å²) in [5.74, 6) is 1.81. The molecule has 7 nitrogen and oxygen atoms in total. The predicted molar refractivity (Wildman–Crippen MR) is 122 cm³/mol. The van der Waals surface area contributed by atoms with Crippen molar-refractivity contribution in [3.63, 3.8) is 0 Å². The Hall–Kier alpha value is -2.77. The van der Waals surface area contributed by atoms with Gasteiger partial charge in [0.05, 0.1) is 7.11 Å². The maximum atomic E-state index is 6.21. The van der Waals surface area contributed by atoms with Crippen LogP contribution < -0.4 is 19.9 Å². The number of halogens is 2. The number of piperazine rings is 1. The Morgan fingerprint density at radius 2 is 1.60 bits per heavy atom. The van der Waals surface area contributed by atoms with Gasteiger partial charge in [0.25, 0.3) is 0 Å². The normalized spacial score (nSPS) is 14.0. The van der Waals surface area contributed by atoms with Gasteiger partial charge in [-0.05, 0) is 60.5 Å². The van der Waals surface area contributed by atoms with Crippen LogP contribution in [0.3, 0.4) is 0 Å². The van der Waals surface area contributed by atoms with E-state index in [2.05, 4.69) is 42.2 Å². The summed E-state index contributed by atoms with van der Waals surface area (Å²) in [4.78, 5) is 17.5. The summed E-state index contributed by atoms with van der Waals surface area (Å²) in [5.41, 5.74) is 2.97. The molecule has 1 aromatic heterocycles. The molecule has 0 spiro atoms. The highest BCUT2D eigenvalue weighted by Crippen LogP contribution is 2.25. The summed E-state index contributed by atoms with van der Waals surface area (Å²) < 4.78 is 5.23. The molecule has 4 rings (SSSR count). The molecule has 1 fully saturated rings. The van der Waals surface area contributed by atoms with Crippen molar-refractivity contribution in [1.82, 2.24) is 15.0 Å². The van der Waals surface area contributed by atoms with E-state index >= 15 is 0 Å². The molecule has 2 heterocycles. The van der Waals surface area contributed by atoms with Crippen LogP contribution in [0, 0.1) is 6.92 Å². The van der Waals surface area contributed by atoms with E-state index in [1.54, 1.807) is 7.11 Å². The first-order valence-corrected chi connectivity index (χ1v) is 10.4. The Kier molecular flexibility index (Phi) is 6.11. The summed E-state index contributed by atoms with van der Waals surface area (Å²) in [6, 6.07) is 13.8. The zero-order chi connectivity index (χ0) is 21.1. The zero-order valence-electron chi connectivity index (χ0n) is 16.8. The zero-order valence-corrected chi connectivity index (χ0v) is 18.3. The van der Waals surface area contributed by atoms with E-state index in [9.17, 15) is 0 Å². The second-order valence-corrected chi connectivity index (χ2v) is 7.73. The Morgan fingerprint density at radius 1 is 0.900 bits per heavy atom. The van der Waals surface area contributed by atoms with Crippen LogP contribution in [0.4, 0.5) is 23.3 Å². The van der Waals surface area contributed by atoms with Crippen molar-refractivity contribution < 1.29 is 4.74 Å². The minimum Gasteiger partial charge on any atom is -0.497 e. The monoisotopic (exact) mass is 444 g/mol. The lowest BCUT2D eigenvalue weighted by Crippen LogP contribution is -2.47. The summed E-state index contributed by atoms with van der Waals surface area (Å²) in [6.45, 7) is 5.22. The molecule has 30 heavy (non-hydrogen) atoms. The average molecular weight is 445 g/mol. The van der Waals surface area contributed by atoms with Crippen molar-refractivity contribution in [3.8, 4) is 5.75 Å². The Balaban J connectivity index is 1.44. The molecular weight excluding hydrogens is 423 g/mol. The molecule has 2 aromatic carbocycles. The number of aromatic nitrogens is 3. The Labute approximate surface area is 185 Å². The summed E-state index contributed by atoms with van der Waals surface area (Å²) in [6.07, 6.45) is 0. The number of aryl methyl sites for hydroxylation is 1. The lowest BCUT2D eigenvalue weighted by atomic mass is 10.2. The molecular formula is C21H22Cl2N6O. The van der Waals surface area contributed by atoms with Crippen LogP contribution in [0.15, 0.2) is 42.5 Å². The highest BCUT2D eigenvalue weighted by Gasteiger charge is 2.21. The molecule has 156 valence electrons. The lowest BCUT2D eigenvalue weighted by molar-refractivity contribution is 0.415. The number of ether oxygens (including phenoxy) is 1. The molecule has 0 bridgehead atoms. The molecule has 0 saturated carbocycles. The van der Waals surface area contributed by atoms with Crippen LogP contribution in [0.5, 0.6) is 5.75 Å². The fourth-order valence-corrected chi connectivity index (χ4v) is 3.63. The second-order valence-electron chi connectivity index (χ2n) is 6.99. The highest BCUT2D eigenvalue weighted by atomic mass is 35.5. The molecule has 0 aliphatic carbocycles. The predicted octanol–water partition coefficient (Wildman–Crippen LogP) is 4.57. The molecule has 1 aliphatic rings. The number of hydrogen-bond acceptors (Lipinski definition) is 7. The topological polar surface area (TPSA) is 66.4 Å². The van der Waals surface area contributed by atoms with Gasteiger partial charge in [0.1, 0.15) is 5.75 Å². The van der Waals surface area contributed by atoms with E-state index < -0.39 is 0 Å². The number of anilines is 4. The van der Waals surface area contributed by atoms with Gasteiger partial charge in [-0.3, -0.25) is 0 Å². The van der Waals surface area contributed by atoms with Crippen molar-refractivity contribution in [2.45, 2.75) is 6.92 Å². The summed E-state index contributed by atoms with van der Waals surface area (Å²) in [7, 11) is 1.67. The third-order valence-corrected chi connectivity index (χ3v) is 5.60.